The SMILES string of the molecule is CN1C=CC(CCCc2ccc(/C=C/C3=C(C(=O)O)N4C(=O)[C@@H](NC(=O)/C(=N\OC(C)(C)C(=O)O)c5csc(N)n5)[C@@H]4SC3)cc2)C=C1C(=O)Nc1ccc(O)c(O)c1. The monoisotopic (exact) mass is 843 g/mol. The van der Waals surface area contributed by atoms with Gasteiger partial charge in [-0.25, -0.2) is 14.6 Å². The van der Waals surface area contributed by atoms with Crippen LogP contribution in [-0.4, -0.2) is 100 Å². The Balaban J connectivity index is 1.05. The normalized spacial score (nSPS) is 19.2. The minimum absolute atomic E-state index is 0.00865. The number of amides is 3. The largest absolute Gasteiger partial charge is 0.504 e. The second-order valence-electron chi connectivity index (χ2n) is 14.3. The molecule has 2 aromatic carbocycles. The number of phenolic OH excluding ortho intramolecular Hbond substituents is 2. The van der Waals surface area contributed by atoms with Crippen LogP contribution in [0.2, 0.25) is 0 Å². The van der Waals surface area contributed by atoms with Gasteiger partial charge in [0.2, 0.25) is 5.60 Å². The highest BCUT2D eigenvalue weighted by molar-refractivity contribution is 8.00. The fraction of sp³-hybridized carbons (Fsp3) is 0.275. The predicted octanol–water partition coefficient (Wildman–Crippen LogP) is 4.09. The Kier molecular flexibility index (Phi) is 12.5. The number of nitrogens with two attached hydrogens (primary N) is 1. The number of oxime groups is 1. The summed E-state index contributed by atoms with van der Waals surface area (Å²) in [6, 6.07) is 10.8. The minimum Gasteiger partial charge on any atom is -0.504 e. The molecule has 1 fully saturated rings. The Morgan fingerprint density at radius 3 is 2.49 bits per heavy atom. The molecular formula is C40H41N7O10S2. The van der Waals surface area contributed by atoms with Crippen molar-refractivity contribution in [2.45, 2.75) is 50.1 Å². The zero-order chi connectivity index (χ0) is 42.6. The lowest BCUT2D eigenvalue weighted by atomic mass is 9.96. The molecule has 17 nitrogen and oxygen atoms in total. The van der Waals surface area contributed by atoms with Crippen molar-refractivity contribution in [1.29, 1.82) is 0 Å². The molecule has 3 aliphatic rings. The zero-order valence-corrected chi connectivity index (χ0v) is 33.6. The van der Waals surface area contributed by atoms with Crippen LogP contribution >= 0.6 is 23.1 Å². The van der Waals surface area contributed by atoms with Gasteiger partial charge >= 0.3 is 11.9 Å². The number of aromatic hydroxyl groups is 2. The molecule has 1 aromatic heterocycles. The average molecular weight is 844 g/mol. The number of benzene rings is 2. The van der Waals surface area contributed by atoms with Gasteiger partial charge < -0.3 is 46.5 Å². The lowest BCUT2D eigenvalue weighted by Crippen LogP contribution is -2.71. The second-order valence-corrected chi connectivity index (χ2v) is 16.2. The third-order valence-corrected chi connectivity index (χ3v) is 11.6. The predicted molar refractivity (Wildman–Crippen MR) is 221 cm³/mol. The number of β-lactam (4-membered cyclic amide) rings is 1. The number of likely N-dealkylation sites (N-methyl/N-ethyl adjacent to an activating group) is 1. The van der Waals surface area contributed by atoms with E-state index in [1.807, 2.05) is 42.6 Å². The molecule has 19 heteroatoms. The summed E-state index contributed by atoms with van der Waals surface area (Å²) in [5.74, 6) is -4.84. The van der Waals surface area contributed by atoms with Crippen LogP contribution in [-0.2, 0) is 35.2 Å². The molecule has 0 spiro atoms. The third kappa shape index (κ3) is 9.58. The fourth-order valence-electron chi connectivity index (χ4n) is 6.22. The molecule has 6 rings (SSSR count). The molecule has 0 bridgehead atoms. The Hall–Kier alpha value is -6.60. The Labute approximate surface area is 346 Å². The average Bonchev–Trinajstić information content (AvgIpc) is 3.63. The number of thiazole rings is 1. The number of nitrogens with one attached hydrogen (secondary N) is 2. The Morgan fingerprint density at radius 2 is 1.83 bits per heavy atom. The molecule has 4 heterocycles. The number of carbonyl (C=O) groups excluding carboxylic acids is 3. The van der Waals surface area contributed by atoms with Crippen molar-refractivity contribution in [2.75, 3.05) is 23.9 Å². The molecule has 3 aromatic rings. The standard InChI is InChI=1S/C40H41N7O10S2/c1-40(2,38(55)56)57-45-30(26-20-59-39(41)43-26)34(51)44-31-35(52)47-32(37(53)54)24(19-58-36(31)47)12-11-22-9-7-21(8-10-22)5-4-6-23-15-16-46(3)27(17-23)33(50)42-25-13-14-28(48)29(49)18-25/h7-18,20,23,31,36,48-49H,4-6,19H2,1-3H3,(H2,41,43)(H,42,50)(H,44,51)(H,53,54)(H,55,56)/b12-11+,45-30-/t23?,31-,36+/m1/s1. The van der Waals surface area contributed by atoms with Gasteiger partial charge in [0.1, 0.15) is 28.5 Å². The van der Waals surface area contributed by atoms with E-state index in [-0.39, 0.29) is 45.6 Å². The number of anilines is 2. The number of nitrogens with zero attached hydrogens (tertiary/aromatic N) is 4. The van der Waals surface area contributed by atoms with Gasteiger partial charge in [0.05, 0.1) is 0 Å². The smallest absolute Gasteiger partial charge is 0.352 e. The van der Waals surface area contributed by atoms with Crippen molar-refractivity contribution in [3.8, 4) is 11.5 Å². The summed E-state index contributed by atoms with van der Waals surface area (Å²) >= 11 is 2.29. The second kappa shape index (κ2) is 17.5. The van der Waals surface area contributed by atoms with Crippen molar-refractivity contribution >= 4 is 75.4 Å². The number of nitrogen functional groups attached to an aromatic ring is 1. The van der Waals surface area contributed by atoms with Gasteiger partial charge in [-0.2, -0.15) is 0 Å². The first kappa shape index (κ1) is 42.0. The molecule has 0 aliphatic carbocycles. The van der Waals surface area contributed by atoms with Crippen LogP contribution in [0.3, 0.4) is 0 Å². The number of rotatable bonds is 15. The van der Waals surface area contributed by atoms with E-state index in [1.54, 1.807) is 24.1 Å². The lowest BCUT2D eigenvalue weighted by molar-refractivity contribution is -0.161. The number of aromatic nitrogens is 1. The number of hydrogen-bond donors (Lipinski definition) is 7. The summed E-state index contributed by atoms with van der Waals surface area (Å²) in [6.45, 7) is 2.48. The number of fused-ring (bicyclic) bond motifs is 1. The lowest BCUT2D eigenvalue weighted by Gasteiger charge is -2.49. The maximum atomic E-state index is 13.4. The first-order valence-corrected chi connectivity index (χ1v) is 20.1. The molecule has 0 radical (unpaired) electrons. The van der Waals surface area contributed by atoms with E-state index >= 15 is 0 Å². The number of hydrogen-bond acceptors (Lipinski definition) is 14. The van der Waals surface area contributed by atoms with Gasteiger partial charge in [0.15, 0.2) is 22.3 Å². The molecule has 3 amide bonds. The van der Waals surface area contributed by atoms with Gasteiger partial charge in [0.25, 0.3) is 17.7 Å². The van der Waals surface area contributed by atoms with Crippen molar-refractivity contribution in [3.63, 3.8) is 0 Å². The number of carbonyl (C=O) groups is 5. The highest BCUT2D eigenvalue weighted by atomic mass is 32.2. The number of thioether (sulfide) groups is 1. The topological polar surface area (TPSA) is 257 Å². The van der Waals surface area contributed by atoms with E-state index in [0.29, 0.717) is 17.0 Å². The maximum absolute atomic E-state index is 13.4. The number of phenols is 2. The van der Waals surface area contributed by atoms with Gasteiger partial charge in [0, 0.05) is 36.1 Å². The van der Waals surface area contributed by atoms with Crippen LogP contribution in [0.5, 0.6) is 11.5 Å². The van der Waals surface area contributed by atoms with Crippen LogP contribution in [0.25, 0.3) is 6.08 Å². The van der Waals surface area contributed by atoms with Crippen molar-refractivity contribution in [3.05, 3.63) is 106 Å². The summed E-state index contributed by atoms with van der Waals surface area (Å²) in [6.07, 6.45) is 11.6. The first-order valence-electron chi connectivity index (χ1n) is 18.2. The molecule has 59 heavy (non-hydrogen) atoms. The number of carboxylic acids is 2. The van der Waals surface area contributed by atoms with E-state index < -0.39 is 46.5 Å². The number of allylic oxidation sites excluding steroid dienone is 3. The Bertz CT molecular complexity index is 2330. The minimum atomic E-state index is -1.79. The molecule has 8 N–H and O–H groups in total. The number of carboxylic acid groups (broad SMARTS) is 2. The quantitative estimate of drug-likeness (QED) is 0.0374. The highest BCUT2D eigenvalue weighted by Crippen LogP contribution is 2.41. The number of aliphatic carboxylic acids is 2. The summed E-state index contributed by atoms with van der Waals surface area (Å²) in [7, 11) is 1.77. The van der Waals surface area contributed by atoms with E-state index in [2.05, 4.69) is 20.8 Å². The molecular weight excluding hydrogens is 803 g/mol. The zero-order valence-electron chi connectivity index (χ0n) is 32.0. The van der Waals surface area contributed by atoms with Gasteiger partial charge in [-0.15, -0.1) is 23.1 Å². The summed E-state index contributed by atoms with van der Waals surface area (Å²) in [5.41, 5.74) is 6.50. The Morgan fingerprint density at radius 1 is 1.08 bits per heavy atom. The van der Waals surface area contributed by atoms with Crippen LogP contribution < -0.4 is 16.4 Å². The number of aryl methyl sites for hydroxylation is 1. The van der Waals surface area contributed by atoms with Crippen molar-refractivity contribution < 1.29 is 49.2 Å². The highest BCUT2D eigenvalue weighted by Gasteiger charge is 2.54. The molecule has 3 aliphatic heterocycles. The summed E-state index contributed by atoms with van der Waals surface area (Å²) < 4.78 is 0. The maximum Gasteiger partial charge on any atom is 0.352 e. The van der Waals surface area contributed by atoms with Crippen LogP contribution in [0.1, 0.15) is 43.5 Å². The van der Waals surface area contributed by atoms with Gasteiger partial charge in [-0.1, -0.05) is 47.6 Å². The van der Waals surface area contributed by atoms with Crippen LogP contribution in [0, 0.1) is 5.92 Å². The molecule has 1 unspecified atom stereocenters. The van der Waals surface area contributed by atoms with Crippen molar-refractivity contribution in [1.82, 2.24) is 20.1 Å². The van der Waals surface area contributed by atoms with E-state index in [0.717, 1.165) is 46.6 Å². The van der Waals surface area contributed by atoms with Gasteiger partial charge in [-0.3, -0.25) is 19.3 Å². The van der Waals surface area contributed by atoms with Crippen LogP contribution in [0.4, 0.5) is 10.8 Å². The van der Waals surface area contributed by atoms with E-state index in [1.165, 1.54) is 49.2 Å². The van der Waals surface area contributed by atoms with Gasteiger partial charge in [-0.05, 0) is 73.9 Å². The molecule has 1 saturated heterocycles. The molecule has 0 saturated carbocycles. The van der Waals surface area contributed by atoms with Crippen molar-refractivity contribution in [2.24, 2.45) is 11.1 Å². The fourth-order valence-corrected chi connectivity index (χ4v) is 8.09. The van der Waals surface area contributed by atoms with E-state index in [9.17, 15) is 44.4 Å². The molecule has 3 atom stereocenters. The van der Waals surface area contributed by atoms with E-state index in [4.69, 9.17) is 10.6 Å². The third-order valence-electron chi connectivity index (χ3n) is 9.58. The molecule has 308 valence electrons. The first-order chi connectivity index (χ1) is 28.0. The summed E-state index contributed by atoms with van der Waals surface area (Å²) in [4.78, 5) is 75.7. The van der Waals surface area contributed by atoms with Crippen LogP contribution in [0.15, 0.2) is 94.4 Å². The summed E-state index contributed by atoms with van der Waals surface area (Å²) in [5, 5.41) is 48.7.